The van der Waals surface area contributed by atoms with Gasteiger partial charge in [0.05, 0.1) is 5.69 Å². The summed E-state index contributed by atoms with van der Waals surface area (Å²) < 4.78 is 3.48. The molecule has 0 saturated heterocycles. The minimum atomic E-state index is 0.0146. The quantitative estimate of drug-likeness (QED) is 0.612. The van der Waals surface area contributed by atoms with Crippen LogP contribution in [0.25, 0.3) is 11.3 Å². The van der Waals surface area contributed by atoms with Gasteiger partial charge in [-0.2, -0.15) is 5.10 Å². The zero-order valence-corrected chi connectivity index (χ0v) is 19.5. The highest BCUT2D eigenvalue weighted by Crippen LogP contribution is 2.22. The van der Waals surface area contributed by atoms with Gasteiger partial charge in [0.2, 0.25) is 5.95 Å². The molecule has 0 aliphatic carbocycles. The molecule has 0 fully saturated rings. The summed E-state index contributed by atoms with van der Waals surface area (Å²) >= 11 is 0. The maximum absolute atomic E-state index is 12.7. The SMILES string of the molecule is CC(C)CCn1nc2n(c1=O)CCC(Nc1nccc(-c3ccc(N(C)C)cc3)n1)CC2. The molecular weight excluding hydrogens is 402 g/mol. The Morgan fingerprint density at radius 1 is 1.16 bits per heavy atom. The number of aromatic nitrogens is 5. The molecule has 1 aromatic carbocycles. The first kappa shape index (κ1) is 22.0. The molecule has 0 bridgehead atoms. The highest BCUT2D eigenvalue weighted by atomic mass is 16.2. The molecule has 0 radical (unpaired) electrons. The Morgan fingerprint density at radius 2 is 1.94 bits per heavy atom. The van der Waals surface area contributed by atoms with E-state index >= 15 is 0 Å². The Hall–Kier alpha value is -3.16. The van der Waals surface area contributed by atoms with Crippen LogP contribution in [0, 0.1) is 5.92 Å². The second kappa shape index (κ2) is 9.54. The number of anilines is 2. The molecule has 8 nitrogen and oxygen atoms in total. The van der Waals surface area contributed by atoms with Crippen molar-refractivity contribution < 1.29 is 0 Å². The van der Waals surface area contributed by atoms with Crippen LogP contribution in [0.2, 0.25) is 0 Å². The van der Waals surface area contributed by atoms with E-state index in [1.807, 2.05) is 24.7 Å². The minimum absolute atomic E-state index is 0.0146. The van der Waals surface area contributed by atoms with Gasteiger partial charge in [0, 0.05) is 57.1 Å². The molecule has 3 aromatic rings. The molecule has 8 heteroatoms. The van der Waals surface area contributed by atoms with Gasteiger partial charge in [0.15, 0.2) is 0 Å². The Balaban J connectivity index is 1.42. The lowest BCUT2D eigenvalue weighted by molar-refractivity contribution is 0.466. The van der Waals surface area contributed by atoms with E-state index in [1.165, 1.54) is 0 Å². The largest absolute Gasteiger partial charge is 0.378 e. The van der Waals surface area contributed by atoms with Crippen molar-refractivity contribution in [3.05, 3.63) is 52.8 Å². The monoisotopic (exact) mass is 435 g/mol. The number of hydrogen-bond donors (Lipinski definition) is 1. The Bertz CT molecular complexity index is 1100. The summed E-state index contributed by atoms with van der Waals surface area (Å²) in [5.41, 5.74) is 3.12. The molecule has 0 saturated carbocycles. The van der Waals surface area contributed by atoms with Crippen LogP contribution in [0.5, 0.6) is 0 Å². The second-order valence-electron chi connectivity index (χ2n) is 9.13. The first-order valence-electron chi connectivity index (χ1n) is 11.4. The van der Waals surface area contributed by atoms with Gasteiger partial charge in [-0.05, 0) is 43.4 Å². The van der Waals surface area contributed by atoms with Crippen LogP contribution in [0.4, 0.5) is 11.6 Å². The summed E-state index contributed by atoms with van der Waals surface area (Å²) in [7, 11) is 4.06. The summed E-state index contributed by atoms with van der Waals surface area (Å²) in [4.78, 5) is 24.0. The summed E-state index contributed by atoms with van der Waals surface area (Å²) in [6, 6.07) is 10.5. The summed E-state index contributed by atoms with van der Waals surface area (Å²) in [6.45, 7) is 5.68. The van der Waals surface area contributed by atoms with Crippen molar-refractivity contribution in [3.8, 4) is 11.3 Å². The van der Waals surface area contributed by atoms with Crippen LogP contribution in [0.1, 0.15) is 38.9 Å². The molecule has 1 atom stereocenters. The van der Waals surface area contributed by atoms with E-state index in [-0.39, 0.29) is 11.7 Å². The number of rotatable bonds is 7. The summed E-state index contributed by atoms with van der Waals surface area (Å²) in [5, 5.41) is 8.08. The smallest absolute Gasteiger partial charge is 0.345 e. The van der Waals surface area contributed by atoms with Crippen molar-refractivity contribution in [3.63, 3.8) is 0 Å². The fraction of sp³-hybridized carbons (Fsp3) is 0.500. The van der Waals surface area contributed by atoms with E-state index in [2.05, 4.69) is 58.4 Å². The van der Waals surface area contributed by atoms with E-state index in [0.29, 0.717) is 25.0 Å². The molecule has 0 amide bonds. The van der Waals surface area contributed by atoms with E-state index in [9.17, 15) is 4.79 Å². The zero-order chi connectivity index (χ0) is 22.7. The average Bonchev–Trinajstić information content (AvgIpc) is 2.94. The van der Waals surface area contributed by atoms with Gasteiger partial charge < -0.3 is 10.2 Å². The number of benzene rings is 1. The standard InChI is InChI=1S/C24H33N7O/c1-17(2)12-16-31-24(32)30-15-13-19(7-10-22(30)28-31)26-23-25-14-11-21(27-23)18-5-8-20(9-6-18)29(3)4/h5-6,8-9,11,14,17,19H,7,10,12-13,15-16H2,1-4H3,(H,25,26,27). The average molecular weight is 436 g/mol. The first-order valence-corrected chi connectivity index (χ1v) is 11.4. The molecule has 1 unspecified atom stereocenters. The van der Waals surface area contributed by atoms with Crippen molar-refractivity contribution in [2.45, 2.75) is 58.7 Å². The second-order valence-corrected chi connectivity index (χ2v) is 9.13. The van der Waals surface area contributed by atoms with E-state index in [0.717, 1.165) is 48.5 Å². The maximum Gasteiger partial charge on any atom is 0.345 e. The van der Waals surface area contributed by atoms with Gasteiger partial charge >= 0.3 is 5.69 Å². The molecule has 0 spiro atoms. The number of aryl methyl sites for hydroxylation is 2. The van der Waals surface area contributed by atoms with Crippen LogP contribution < -0.4 is 15.9 Å². The van der Waals surface area contributed by atoms with Crippen LogP contribution in [0.15, 0.2) is 41.3 Å². The van der Waals surface area contributed by atoms with Crippen LogP contribution >= 0.6 is 0 Å². The Morgan fingerprint density at radius 3 is 2.66 bits per heavy atom. The maximum atomic E-state index is 12.7. The van der Waals surface area contributed by atoms with Crippen molar-refractivity contribution in [1.29, 1.82) is 0 Å². The van der Waals surface area contributed by atoms with Gasteiger partial charge in [-0.25, -0.2) is 19.4 Å². The normalized spacial score (nSPS) is 16.0. The fourth-order valence-electron chi connectivity index (χ4n) is 4.00. The van der Waals surface area contributed by atoms with Crippen molar-refractivity contribution in [2.75, 3.05) is 24.3 Å². The van der Waals surface area contributed by atoms with Gasteiger partial charge in [-0.15, -0.1) is 0 Å². The van der Waals surface area contributed by atoms with Crippen molar-refractivity contribution in [2.24, 2.45) is 5.92 Å². The lowest BCUT2D eigenvalue weighted by atomic mass is 10.1. The Kier molecular flexibility index (Phi) is 6.58. The third kappa shape index (κ3) is 5.00. The minimum Gasteiger partial charge on any atom is -0.378 e. The molecule has 4 rings (SSSR count). The van der Waals surface area contributed by atoms with Gasteiger partial charge in [-0.1, -0.05) is 26.0 Å². The summed E-state index contributed by atoms with van der Waals surface area (Å²) in [5.74, 6) is 2.07. The van der Waals surface area contributed by atoms with Gasteiger partial charge in [-0.3, -0.25) is 4.57 Å². The molecule has 1 N–H and O–H groups in total. The number of nitrogens with one attached hydrogen (secondary N) is 1. The van der Waals surface area contributed by atoms with Crippen LogP contribution in [-0.2, 0) is 19.5 Å². The third-order valence-corrected chi connectivity index (χ3v) is 6.00. The topological polar surface area (TPSA) is 80.9 Å². The van der Waals surface area contributed by atoms with Gasteiger partial charge in [0.25, 0.3) is 0 Å². The highest BCUT2D eigenvalue weighted by molar-refractivity contribution is 5.63. The lowest BCUT2D eigenvalue weighted by Gasteiger charge is -2.16. The third-order valence-electron chi connectivity index (χ3n) is 6.00. The fourth-order valence-corrected chi connectivity index (χ4v) is 4.00. The van der Waals surface area contributed by atoms with E-state index in [1.54, 1.807) is 10.9 Å². The van der Waals surface area contributed by atoms with Crippen molar-refractivity contribution in [1.82, 2.24) is 24.3 Å². The lowest BCUT2D eigenvalue weighted by Crippen LogP contribution is -2.27. The summed E-state index contributed by atoms with van der Waals surface area (Å²) in [6.07, 6.45) is 5.26. The number of hydrogen-bond acceptors (Lipinski definition) is 6. The highest BCUT2D eigenvalue weighted by Gasteiger charge is 2.21. The molecule has 3 heterocycles. The zero-order valence-electron chi connectivity index (χ0n) is 19.5. The van der Waals surface area contributed by atoms with Crippen molar-refractivity contribution >= 4 is 11.6 Å². The van der Waals surface area contributed by atoms with E-state index in [4.69, 9.17) is 4.98 Å². The van der Waals surface area contributed by atoms with E-state index < -0.39 is 0 Å². The first-order chi connectivity index (χ1) is 15.4. The molecule has 32 heavy (non-hydrogen) atoms. The van der Waals surface area contributed by atoms with Crippen LogP contribution in [0.3, 0.4) is 0 Å². The van der Waals surface area contributed by atoms with Gasteiger partial charge in [0.1, 0.15) is 5.82 Å². The predicted octanol–water partition coefficient (Wildman–Crippen LogP) is 3.43. The number of fused-ring (bicyclic) bond motifs is 1. The molecule has 2 aromatic heterocycles. The molecule has 1 aliphatic rings. The Labute approximate surface area is 189 Å². The molecule has 170 valence electrons. The molecule has 1 aliphatic heterocycles. The molecular formula is C24H33N7O. The predicted molar refractivity (Wildman–Crippen MR) is 128 cm³/mol. The van der Waals surface area contributed by atoms with Crippen LogP contribution in [-0.4, -0.2) is 44.5 Å². The number of nitrogens with zero attached hydrogens (tertiary/aromatic N) is 6.